The van der Waals surface area contributed by atoms with Crippen molar-refractivity contribution in [3.63, 3.8) is 0 Å². The van der Waals surface area contributed by atoms with E-state index in [0.717, 1.165) is 17.7 Å². The van der Waals surface area contributed by atoms with Crippen molar-refractivity contribution < 1.29 is 14.6 Å². The average molecular weight is 265 g/mol. The third kappa shape index (κ3) is 3.96. The first-order valence-corrected chi connectivity index (χ1v) is 6.61. The number of hydrogen-bond acceptors (Lipinski definition) is 3. The van der Waals surface area contributed by atoms with Gasteiger partial charge in [-0.05, 0) is 31.0 Å². The summed E-state index contributed by atoms with van der Waals surface area (Å²) in [7, 11) is 0. The first-order valence-electron chi connectivity index (χ1n) is 6.61. The van der Waals surface area contributed by atoms with Crippen LogP contribution in [-0.4, -0.2) is 23.7 Å². The first-order chi connectivity index (χ1) is 8.90. The van der Waals surface area contributed by atoms with Gasteiger partial charge in [0, 0.05) is 11.5 Å². The van der Waals surface area contributed by atoms with Gasteiger partial charge in [0.15, 0.2) is 0 Å². The zero-order chi connectivity index (χ0) is 14.5. The van der Waals surface area contributed by atoms with Crippen molar-refractivity contribution in [1.29, 1.82) is 0 Å². The second kappa shape index (κ2) is 6.57. The molecule has 4 heteroatoms. The van der Waals surface area contributed by atoms with Gasteiger partial charge in [-0.25, -0.2) is 0 Å². The lowest BCUT2D eigenvalue weighted by molar-refractivity contribution is -0.138. The number of carbonyl (C=O) groups is 1. The normalized spacial score (nSPS) is 15.6. The molecule has 1 aromatic carbocycles. The maximum absolute atomic E-state index is 11.0. The van der Waals surface area contributed by atoms with Gasteiger partial charge < -0.3 is 15.6 Å². The number of aliphatic carboxylic acids is 1. The molecule has 0 spiro atoms. The molecule has 0 fully saturated rings. The molecule has 1 rings (SSSR count). The Morgan fingerprint density at radius 2 is 2.00 bits per heavy atom. The fourth-order valence-electron chi connectivity index (χ4n) is 1.99. The minimum atomic E-state index is -0.842. The molecule has 0 aromatic heterocycles. The van der Waals surface area contributed by atoms with Crippen LogP contribution in [0.5, 0.6) is 5.75 Å². The number of rotatable bonds is 7. The topological polar surface area (TPSA) is 72.5 Å². The van der Waals surface area contributed by atoms with Crippen molar-refractivity contribution in [3.8, 4) is 5.75 Å². The summed E-state index contributed by atoms with van der Waals surface area (Å²) in [5, 5.41) is 9.05. The van der Waals surface area contributed by atoms with E-state index < -0.39 is 11.4 Å². The highest BCUT2D eigenvalue weighted by Crippen LogP contribution is 2.31. The van der Waals surface area contributed by atoms with E-state index in [1.807, 2.05) is 45.0 Å². The Hall–Kier alpha value is -1.55. The Balaban J connectivity index is 2.94. The van der Waals surface area contributed by atoms with Gasteiger partial charge in [0.2, 0.25) is 0 Å². The van der Waals surface area contributed by atoms with E-state index in [2.05, 4.69) is 0 Å². The summed E-state index contributed by atoms with van der Waals surface area (Å²) >= 11 is 0. The smallest absolute Gasteiger partial charge is 0.304 e. The largest absolute Gasteiger partial charge is 0.494 e. The van der Waals surface area contributed by atoms with Crippen LogP contribution in [0.3, 0.4) is 0 Å². The minimum Gasteiger partial charge on any atom is -0.494 e. The number of carboxylic acids is 1. The average Bonchev–Trinajstić information content (AvgIpc) is 2.35. The molecule has 0 heterocycles. The van der Waals surface area contributed by atoms with E-state index in [-0.39, 0.29) is 12.5 Å². The molecule has 106 valence electrons. The quantitative estimate of drug-likeness (QED) is 0.794. The summed E-state index contributed by atoms with van der Waals surface area (Å²) in [4.78, 5) is 11.0. The predicted octanol–water partition coefficient (Wildman–Crippen LogP) is 2.56. The van der Waals surface area contributed by atoms with Crippen LogP contribution in [0.4, 0.5) is 0 Å². The monoisotopic (exact) mass is 265 g/mol. The highest BCUT2D eigenvalue weighted by atomic mass is 16.5. The standard InChI is InChI=1S/C15H23NO3/c1-4-9-19-13-7-5-12(6-8-13)15(3,11(2)16)10-14(17)18/h5-8,11H,4,9-10,16H2,1-3H3,(H,17,18). The van der Waals surface area contributed by atoms with E-state index in [4.69, 9.17) is 15.6 Å². The Morgan fingerprint density at radius 1 is 1.42 bits per heavy atom. The van der Waals surface area contributed by atoms with Gasteiger partial charge in [-0.2, -0.15) is 0 Å². The Bertz CT molecular complexity index is 414. The zero-order valence-electron chi connectivity index (χ0n) is 11.8. The second-order valence-electron chi connectivity index (χ2n) is 5.15. The molecule has 0 amide bonds. The maximum atomic E-state index is 11.0. The van der Waals surface area contributed by atoms with Gasteiger partial charge in [0.1, 0.15) is 5.75 Å². The molecule has 0 radical (unpaired) electrons. The lowest BCUT2D eigenvalue weighted by Crippen LogP contribution is -2.42. The SMILES string of the molecule is CCCOc1ccc(C(C)(CC(=O)O)C(C)N)cc1. The van der Waals surface area contributed by atoms with Gasteiger partial charge in [-0.1, -0.05) is 26.0 Å². The number of nitrogens with two attached hydrogens (primary N) is 1. The summed E-state index contributed by atoms with van der Waals surface area (Å²) in [5.41, 5.74) is 6.33. The molecule has 2 atom stereocenters. The number of carboxylic acid groups (broad SMARTS) is 1. The summed E-state index contributed by atoms with van der Waals surface area (Å²) < 4.78 is 5.52. The van der Waals surface area contributed by atoms with Crippen LogP contribution >= 0.6 is 0 Å². The van der Waals surface area contributed by atoms with E-state index in [1.165, 1.54) is 0 Å². The van der Waals surface area contributed by atoms with Crippen LogP contribution in [0.25, 0.3) is 0 Å². The molecule has 3 N–H and O–H groups in total. The molecule has 0 saturated carbocycles. The Kier molecular flexibility index (Phi) is 5.36. The molecule has 0 aliphatic heterocycles. The number of hydrogen-bond donors (Lipinski definition) is 2. The summed E-state index contributed by atoms with van der Waals surface area (Å²) in [6.45, 7) is 6.45. The van der Waals surface area contributed by atoms with Crippen LogP contribution < -0.4 is 10.5 Å². The highest BCUT2D eigenvalue weighted by Gasteiger charge is 2.33. The van der Waals surface area contributed by atoms with Crippen LogP contribution in [0.2, 0.25) is 0 Å². The Labute approximate surface area is 114 Å². The van der Waals surface area contributed by atoms with Crippen LogP contribution in [-0.2, 0) is 10.2 Å². The third-order valence-corrected chi connectivity index (χ3v) is 3.51. The molecule has 0 bridgehead atoms. The number of ether oxygens (including phenoxy) is 1. The van der Waals surface area contributed by atoms with Crippen LogP contribution in [0.15, 0.2) is 24.3 Å². The summed E-state index contributed by atoms with van der Waals surface area (Å²) in [6.07, 6.45) is 0.970. The van der Waals surface area contributed by atoms with Crippen molar-refractivity contribution in [2.75, 3.05) is 6.61 Å². The van der Waals surface area contributed by atoms with E-state index >= 15 is 0 Å². The van der Waals surface area contributed by atoms with Crippen molar-refractivity contribution >= 4 is 5.97 Å². The highest BCUT2D eigenvalue weighted by molar-refractivity contribution is 5.69. The molecule has 1 aromatic rings. The van der Waals surface area contributed by atoms with Crippen LogP contribution in [0.1, 0.15) is 39.2 Å². The minimum absolute atomic E-state index is 0.0137. The zero-order valence-corrected chi connectivity index (χ0v) is 11.8. The van der Waals surface area contributed by atoms with Crippen LogP contribution in [0, 0.1) is 0 Å². The van der Waals surface area contributed by atoms with Crippen molar-refractivity contribution in [1.82, 2.24) is 0 Å². The van der Waals surface area contributed by atoms with Gasteiger partial charge in [0.25, 0.3) is 0 Å². The molecule has 0 aliphatic rings. The summed E-state index contributed by atoms with van der Waals surface area (Å²) in [6, 6.07) is 7.29. The van der Waals surface area contributed by atoms with E-state index in [9.17, 15) is 4.79 Å². The maximum Gasteiger partial charge on any atom is 0.304 e. The molecular formula is C15H23NO3. The van der Waals surface area contributed by atoms with Crippen molar-refractivity contribution in [2.24, 2.45) is 5.73 Å². The summed E-state index contributed by atoms with van der Waals surface area (Å²) in [5.74, 6) is -0.0425. The molecule has 19 heavy (non-hydrogen) atoms. The van der Waals surface area contributed by atoms with E-state index in [0.29, 0.717) is 6.61 Å². The lowest BCUT2D eigenvalue weighted by atomic mass is 9.74. The molecule has 2 unspecified atom stereocenters. The van der Waals surface area contributed by atoms with Crippen molar-refractivity contribution in [3.05, 3.63) is 29.8 Å². The van der Waals surface area contributed by atoms with Gasteiger partial charge in [-0.15, -0.1) is 0 Å². The fourth-order valence-corrected chi connectivity index (χ4v) is 1.99. The van der Waals surface area contributed by atoms with Gasteiger partial charge in [0.05, 0.1) is 13.0 Å². The third-order valence-electron chi connectivity index (χ3n) is 3.51. The molecule has 0 saturated heterocycles. The van der Waals surface area contributed by atoms with Gasteiger partial charge >= 0.3 is 5.97 Å². The first kappa shape index (κ1) is 15.5. The van der Waals surface area contributed by atoms with Gasteiger partial charge in [-0.3, -0.25) is 4.79 Å². The molecule has 0 aliphatic carbocycles. The molecular weight excluding hydrogens is 242 g/mol. The Morgan fingerprint density at radius 3 is 2.42 bits per heavy atom. The van der Waals surface area contributed by atoms with Crippen molar-refractivity contribution in [2.45, 2.75) is 45.1 Å². The van der Waals surface area contributed by atoms with E-state index in [1.54, 1.807) is 0 Å². The second-order valence-corrected chi connectivity index (χ2v) is 5.15. The lowest BCUT2D eigenvalue weighted by Gasteiger charge is -2.32. The number of benzene rings is 1. The fraction of sp³-hybridized carbons (Fsp3) is 0.533. The molecule has 4 nitrogen and oxygen atoms in total. The predicted molar refractivity (Wildman–Crippen MR) is 75.5 cm³/mol.